The lowest BCUT2D eigenvalue weighted by Gasteiger charge is -2.06. The molecule has 0 aliphatic heterocycles. The summed E-state index contributed by atoms with van der Waals surface area (Å²) < 4.78 is 0. The number of amides is 1. The molecule has 0 aliphatic rings. The van der Waals surface area contributed by atoms with Crippen LogP contribution in [0.15, 0.2) is 18.5 Å². The molecule has 0 spiro atoms. The fourth-order valence-electron chi connectivity index (χ4n) is 1.45. The maximum atomic E-state index is 12.2. The molecule has 0 radical (unpaired) electrons. The largest absolute Gasteiger partial charge is 0.382 e. The van der Waals surface area contributed by atoms with Crippen LogP contribution in [0.2, 0.25) is 0 Å². The maximum absolute atomic E-state index is 12.2. The van der Waals surface area contributed by atoms with E-state index in [1.54, 1.807) is 12.4 Å². The molecule has 2 heterocycles. The van der Waals surface area contributed by atoms with E-state index in [9.17, 15) is 4.79 Å². The Labute approximate surface area is 115 Å². The lowest BCUT2D eigenvalue weighted by Crippen LogP contribution is -2.13. The summed E-state index contributed by atoms with van der Waals surface area (Å²) in [5.74, 6) is -0.0213. The maximum Gasteiger partial charge on any atom is 0.269 e. The van der Waals surface area contributed by atoms with Gasteiger partial charge >= 0.3 is 0 Å². The van der Waals surface area contributed by atoms with E-state index in [0.29, 0.717) is 15.7 Å². The van der Waals surface area contributed by atoms with Gasteiger partial charge in [-0.1, -0.05) is 11.3 Å². The Morgan fingerprint density at radius 1 is 1.47 bits per heavy atom. The second-order valence-corrected chi connectivity index (χ2v) is 5.23. The van der Waals surface area contributed by atoms with Crippen molar-refractivity contribution in [1.82, 2.24) is 9.97 Å². The fraction of sp³-hybridized carbons (Fsp3) is 0.250. The quantitative estimate of drug-likeness (QED) is 0.893. The highest BCUT2D eigenvalue weighted by atomic mass is 32.1. The average molecular weight is 277 g/mol. The first-order valence-electron chi connectivity index (χ1n) is 5.64. The summed E-state index contributed by atoms with van der Waals surface area (Å²) in [6.45, 7) is 1.90. The minimum atomic E-state index is -0.265. The Morgan fingerprint density at radius 3 is 2.79 bits per heavy atom. The molecule has 2 aromatic rings. The molecule has 7 heteroatoms. The van der Waals surface area contributed by atoms with Gasteiger partial charge in [0.2, 0.25) is 0 Å². The zero-order chi connectivity index (χ0) is 14.0. The van der Waals surface area contributed by atoms with Crippen molar-refractivity contribution in [2.75, 3.05) is 30.0 Å². The molecule has 0 unspecified atom stereocenters. The molecule has 0 saturated heterocycles. The highest BCUT2D eigenvalue weighted by Gasteiger charge is 2.17. The van der Waals surface area contributed by atoms with E-state index in [-0.39, 0.29) is 11.7 Å². The van der Waals surface area contributed by atoms with Crippen LogP contribution in [0.3, 0.4) is 0 Å². The number of hydrogen-bond acceptors (Lipinski definition) is 6. The lowest BCUT2D eigenvalue weighted by molar-refractivity contribution is 0.103. The number of hydrogen-bond donors (Lipinski definition) is 2. The van der Waals surface area contributed by atoms with Crippen LogP contribution in [0.5, 0.6) is 0 Å². The van der Waals surface area contributed by atoms with E-state index in [4.69, 9.17) is 5.73 Å². The van der Waals surface area contributed by atoms with Crippen LogP contribution in [0.25, 0.3) is 0 Å². The summed E-state index contributed by atoms with van der Waals surface area (Å²) in [6, 6.07) is 1.83. The van der Waals surface area contributed by atoms with Crippen molar-refractivity contribution in [2.24, 2.45) is 0 Å². The van der Waals surface area contributed by atoms with Crippen molar-refractivity contribution in [3.63, 3.8) is 0 Å². The SMILES string of the molecule is Cc1ccncc1NC(=O)c1sc(N(C)C)nc1N. The summed E-state index contributed by atoms with van der Waals surface area (Å²) in [4.78, 5) is 22.5. The Balaban J connectivity index is 2.23. The molecule has 0 aromatic carbocycles. The Bertz CT molecular complexity index is 608. The van der Waals surface area contributed by atoms with Crippen LogP contribution in [0.1, 0.15) is 15.2 Å². The van der Waals surface area contributed by atoms with Gasteiger partial charge in [0.25, 0.3) is 5.91 Å². The first-order valence-corrected chi connectivity index (χ1v) is 6.46. The number of pyridine rings is 1. The third-order valence-electron chi connectivity index (χ3n) is 2.52. The van der Waals surface area contributed by atoms with E-state index in [1.807, 2.05) is 32.0 Å². The van der Waals surface area contributed by atoms with Crippen molar-refractivity contribution in [3.8, 4) is 0 Å². The van der Waals surface area contributed by atoms with Crippen molar-refractivity contribution >= 4 is 33.9 Å². The predicted molar refractivity (Wildman–Crippen MR) is 77.8 cm³/mol. The molecule has 2 aromatic heterocycles. The average Bonchev–Trinajstić information content (AvgIpc) is 2.74. The first-order chi connectivity index (χ1) is 8.99. The van der Waals surface area contributed by atoms with Gasteiger partial charge in [0.05, 0.1) is 11.9 Å². The summed E-state index contributed by atoms with van der Waals surface area (Å²) >= 11 is 1.26. The molecule has 2 rings (SSSR count). The minimum absolute atomic E-state index is 0.243. The summed E-state index contributed by atoms with van der Waals surface area (Å²) in [5.41, 5.74) is 7.38. The Hall–Kier alpha value is -2.15. The molecule has 0 bridgehead atoms. The van der Waals surface area contributed by atoms with Gasteiger partial charge in [-0.15, -0.1) is 0 Å². The Kier molecular flexibility index (Phi) is 3.66. The van der Waals surface area contributed by atoms with Crippen LogP contribution in [-0.4, -0.2) is 30.0 Å². The number of nitrogens with one attached hydrogen (secondary N) is 1. The molecular weight excluding hydrogens is 262 g/mol. The van der Waals surface area contributed by atoms with Crippen molar-refractivity contribution in [1.29, 1.82) is 0 Å². The highest BCUT2D eigenvalue weighted by molar-refractivity contribution is 7.18. The van der Waals surface area contributed by atoms with Gasteiger partial charge in [0.15, 0.2) is 5.13 Å². The van der Waals surface area contributed by atoms with Crippen LogP contribution >= 0.6 is 11.3 Å². The number of carbonyl (C=O) groups is 1. The second kappa shape index (κ2) is 5.23. The zero-order valence-corrected chi connectivity index (χ0v) is 11.8. The van der Waals surface area contributed by atoms with Crippen molar-refractivity contribution < 1.29 is 4.79 Å². The van der Waals surface area contributed by atoms with Gasteiger partial charge in [-0.05, 0) is 18.6 Å². The summed E-state index contributed by atoms with van der Waals surface area (Å²) in [5, 5.41) is 3.49. The van der Waals surface area contributed by atoms with Gasteiger partial charge in [-0.3, -0.25) is 9.78 Å². The fourth-order valence-corrected chi connectivity index (χ4v) is 2.25. The molecule has 0 saturated carbocycles. The molecule has 0 aliphatic carbocycles. The van der Waals surface area contributed by atoms with E-state index in [0.717, 1.165) is 5.56 Å². The van der Waals surface area contributed by atoms with Crippen LogP contribution in [-0.2, 0) is 0 Å². The molecule has 19 heavy (non-hydrogen) atoms. The van der Waals surface area contributed by atoms with Crippen LogP contribution < -0.4 is 16.0 Å². The van der Waals surface area contributed by atoms with Gasteiger partial charge < -0.3 is 16.0 Å². The molecule has 0 fully saturated rings. The standard InChI is InChI=1S/C12H15N5OS/c1-7-4-5-14-6-8(7)15-11(18)9-10(13)16-12(19-9)17(2)3/h4-6H,13H2,1-3H3,(H,15,18). The van der Waals surface area contributed by atoms with Crippen LogP contribution in [0, 0.1) is 6.92 Å². The molecule has 3 N–H and O–H groups in total. The monoisotopic (exact) mass is 277 g/mol. The lowest BCUT2D eigenvalue weighted by atomic mass is 10.2. The topological polar surface area (TPSA) is 84.1 Å². The first kappa shape index (κ1) is 13.3. The number of rotatable bonds is 3. The van der Waals surface area contributed by atoms with E-state index < -0.39 is 0 Å². The van der Waals surface area contributed by atoms with Gasteiger partial charge in [0.1, 0.15) is 10.7 Å². The molecular formula is C12H15N5OS. The molecule has 1 amide bonds. The zero-order valence-electron chi connectivity index (χ0n) is 11.0. The third kappa shape index (κ3) is 2.82. The normalized spacial score (nSPS) is 10.3. The second-order valence-electron chi connectivity index (χ2n) is 4.25. The van der Waals surface area contributed by atoms with Gasteiger partial charge in [0, 0.05) is 20.3 Å². The predicted octanol–water partition coefficient (Wildman–Crippen LogP) is 1.75. The number of nitrogens with zero attached hydrogens (tertiary/aromatic N) is 3. The summed E-state index contributed by atoms with van der Waals surface area (Å²) in [6.07, 6.45) is 3.29. The van der Waals surface area contributed by atoms with Crippen LogP contribution in [0.4, 0.5) is 16.6 Å². The molecule has 0 atom stereocenters. The molecule has 100 valence electrons. The van der Waals surface area contributed by atoms with E-state index >= 15 is 0 Å². The third-order valence-corrected chi connectivity index (χ3v) is 3.76. The molecule has 6 nitrogen and oxygen atoms in total. The number of aryl methyl sites for hydroxylation is 1. The van der Waals surface area contributed by atoms with E-state index in [1.165, 1.54) is 11.3 Å². The number of carbonyl (C=O) groups excluding carboxylic acids is 1. The van der Waals surface area contributed by atoms with E-state index in [2.05, 4.69) is 15.3 Å². The summed E-state index contributed by atoms with van der Waals surface area (Å²) in [7, 11) is 3.70. The smallest absolute Gasteiger partial charge is 0.269 e. The highest BCUT2D eigenvalue weighted by Crippen LogP contribution is 2.27. The number of thiazole rings is 1. The Morgan fingerprint density at radius 2 is 2.21 bits per heavy atom. The number of nitrogens with two attached hydrogens (primary N) is 1. The number of anilines is 3. The van der Waals surface area contributed by atoms with Crippen molar-refractivity contribution in [2.45, 2.75) is 6.92 Å². The minimum Gasteiger partial charge on any atom is -0.382 e. The number of nitrogen functional groups attached to an aromatic ring is 1. The van der Waals surface area contributed by atoms with Gasteiger partial charge in [-0.2, -0.15) is 0 Å². The number of aromatic nitrogens is 2. The van der Waals surface area contributed by atoms with Crippen molar-refractivity contribution in [3.05, 3.63) is 28.9 Å². The van der Waals surface area contributed by atoms with Gasteiger partial charge in [-0.25, -0.2) is 4.98 Å².